The number of carbonyl (C=O) groups is 1. The lowest BCUT2D eigenvalue weighted by atomic mass is 9.94. The predicted molar refractivity (Wildman–Crippen MR) is 179 cm³/mol. The fourth-order valence-electron chi connectivity index (χ4n) is 5.87. The minimum Gasteiger partial charge on any atom is -0.396 e. The molecular formula is C36H52N4O3. The lowest BCUT2D eigenvalue weighted by molar-refractivity contribution is 0.0950. The quantitative estimate of drug-likeness (QED) is 0.134. The maximum absolute atomic E-state index is 13.8. The molecule has 1 heterocycles. The van der Waals surface area contributed by atoms with Crippen molar-refractivity contribution in [3.05, 3.63) is 86.3 Å². The first-order valence-corrected chi connectivity index (χ1v) is 16.0. The predicted octanol–water partition coefficient (Wildman–Crippen LogP) is 6.55. The van der Waals surface area contributed by atoms with Crippen molar-refractivity contribution in [2.75, 3.05) is 24.6 Å². The number of anilines is 1. The van der Waals surface area contributed by atoms with Gasteiger partial charge < -0.3 is 25.6 Å². The van der Waals surface area contributed by atoms with Crippen LogP contribution in [0.15, 0.2) is 47.3 Å². The highest BCUT2D eigenvalue weighted by Gasteiger charge is 2.23. The van der Waals surface area contributed by atoms with Gasteiger partial charge in [0, 0.05) is 54.8 Å². The molecule has 7 nitrogen and oxygen atoms in total. The third-order valence-electron chi connectivity index (χ3n) is 8.28. The van der Waals surface area contributed by atoms with Crippen LogP contribution in [0, 0.1) is 20.8 Å². The van der Waals surface area contributed by atoms with E-state index < -0.39 is 0 Å². The first kappa shape index (κ1) is 34.1. The van der Waals surface area contributed by atoms with Crippen LogP contribution in [0.4, 0.5) is 5.69 Å². The van der Waals surface area contributed by atoms with Crippen molar-refractivity contribution >= 4 is 11.6 Å². The molecule has 43 heavy (non-hydrogen) atoms. The zero-order valence-electron chi connectivity index (χ0n) is 27.1. The second-order valence-electron chi connectivity index (χ2n) is 11.6. The van der Waals surface area contributed by atoms with Crippen molar-refractivity contribution in [2.24, 2.45) is 0 Å². The molecule has 2 aromatic carbocycles. The number of nitrogens with zero attached hydrogens (tertiary/aromatic N) is 1. The van der Waals surface area contributed by atoms with Gasteiger partial charge in [-0.3, -0.25) is 9.59 Å². The van der Waals surface area contributed by atoms with Crippen LogP contribution >= 0.6 is 0 Å². The van der Waals surface area contributed by atoms with Gasteiger partial charge in [-0.1, -0.05) is 57.4 Å². The molecule has 0 bridgehead atoms. The average Bonchev–Trinajstić information content (AvgIpc) is 2.99. The van der Waals surface area contributed by atoms with Crippen molar-refractivity contribution in [3.63, 3.8) is 0 Å². The number of amides is 1. The monoisotopic (exact) mass is 588 g/mol. The molecule has 0 aliphatic rings. The minimum absolute atomic E-state index is 0.162. The second kappa shape index (κ2) is 17.0. The number of aryl methyl sites for hydroxylation is 2. The molecule has 4 N–H and O–H groups in total. The highest BCUT2D eigenvalue weighted by Crippen LogP contribution is 2.34. The largest absolute Gasteiger partial charge is 0.396 e. The molecular weight excluding hydrogens is 536 g/mol. The van der Waals surface area contributed by atoms with Crippen molar-refractivity contribution < 1.29 is 9.90 Å². The summed E-state index contributed by atoms with van der Waals surface area (Å²) >= 11 is 0. The molecule has 0 spiro atoms. The summed E-state index contributed by atoms with van der Waals surface area (Å²) in [6, 6.07) is 15.0. The topological polar surface area (TPSA) is 97.5 Å². The van der Waals surface area contributed by atoms with E-state index in [4.69, 9.17) is 5.11 Å². The van der Waals surface area contributed by atoms with Gasteiger partial charge in [0.25, 0.3) is 11.5 Å². The van der Waals surface area contributed by atoms with Crippen LogP contribution < -0.4 is 21.1 Å². The maximum Gasteiger partial charge on any atom is 0.253 e. The number of aliphatic hydroxyl groups is 1. The lowest BCUT2D eigenvalue weighted by Gasteiger charge is -2.35. The normalized spacial score (nSPS) is 11.9. The molecule has 234 valence electrons. The third kappa shape index (κ3) is 9.28. The van der Waals surface area contributed by atoms with Crippen LogP contribution in [0.25, 0.3) is 11.1 Å². The van der Waals surface area contributed by atoms with Crippen LogP contribution in [-0.2, 0) is 13.1 Å². The molecule has 0 saturated carbocycles. The maximum atomic E-state index is 13.8. The molecule has 3 aromatic rings. The van der Waals surface area contributed by atoms with Crippen LogP contribution in [0.1, 0.15) is 97.6 Å². The van der Waals surface area contributed by atoms with Gasteiger partial charge in [-0.25, -0.2) is 0 Å². The Hall–Kier alpha value is -3.42. The standard InChI is InChI=1S/C36H52N4O3/c1-7-10-13-31(12-8-2)40(9-3)34-22-30(29-16-14-28(15-17-29)23-37-18-11-19-41)21-32(27(34)6)35(42)38-24-33-25(4)20-26(5)39-36(33)43/h14-17,20-22,31,37,41H,7-13,18-19,23-24H2,1-6H3,(H,38,42)(H,39,43). The van der Waals surface area contributed by atoms with Crippen LogP contribution in [0.5, 0.6) is 0 Å². The molecule has 1 unspecified atom stereocenters. The van der Waals surface area contributed by atoms with E-state index in [9.17, 15) is 9.59 Å². The zero-order chi connectivity index (χ0) is 31.4. The number of benzene rings is 2. The number of aliphatic hydroxyl groups excluding tert-OH is 1. The summed E-state index contributed by atoms with van der Waals surface area (Å²) in [6.45, 7) is 15.2. The summed E-state index contributed by atoms with van der Waals surface area (Å²) in [5.74, 6) is -0.179. The molecule has 1 atom stereocenters. The van der Waals surface area contributed by atoms with Gasteiger partial charge >= 0.3 is 0 Å². The number of nitrogens with one attached hydrogen (secondary N) is 3. The van der Waals surface area contributed by atoms with E-state index in [-0.39, 0.29) is 24.6 Å². The Bertz CT molecular complexity index is 1380. The molecule has 0 aliphatic heterocycles. The first-order valence-electron chi connectivity index (χ1n) is 16.0. The van der Waals surface area contributed by atoms with Crippen LogP contribution in [-0.4, -0.2) is 41.7 Å². The minimum atomic E-state index is -0.179. The fraction of sp³-hybridized carbons (Fsp3) is 0.500. The summed E-state index contributed by atoms with van der Waals surface area (Å²) < 4.78 is 0. The van der Waals surface area contributed by atoms with E-state index in [1.165, 1.54) is 12.0 Å². The number of hydrogen-bond acceptors (Lipinski definition) is 5. The van der Waals surface area contributed by atoms with E-state index in [0.717, 1.165) is 85.4 Å². The lowest BCUT2D eigenvalue weighted by Crippen LogP contribution is -2.36. The zero-order valence-corrected chi connectivity index (χ0v) is 27.1. The third-order valence-corrected chi connectivity index (χ3v) is 8.28. The number of aromatic nitrogens is 1. The van der Waals surface area contributed by atoms with Gasteiger partial charge in [-0.05, 0) is 99.5 Å². The number of carbonyl (C=O) groups excluding carboxylic acids is 1. The summed E-state index contributed by atoms with van der Waals surface area (Å²) in [4.78, 5) is 31.8. The smallest absolute Gasteiger partial charge is 0.253 e. The molecule has 3 rings (SSSR count). The average molecular weight is 589 g/mol. The van der Waals surface area contributed by atoms with Gasteiger partial charge in [0.15, 0.2) is 0 Å². The molecule has 7 heteroatoms. The summed E-state index contributed by atoms with van der Waals surface area (Å²) in [7, 11) is 0. The Morgan fingerprint density at radius 2 is 1.67 bits per heavy atom. The van der Waals surface area contributed by atoms with Crippen molar-refractivity contribution in [1.82, 2.24) is 15.6 Å². The SMILES string of the molecule is CCCCC(CCC)N(CC)c1cc(-c2ccc(CNCCCO)cc2)cc(C(=O)NCc2c(C)cc(C)[nH]c2=O)c1C. The Morgan fingerprint density at radius 1 is 0.930 bits per heavy atom. The van der Waals surface area contributed by atoms with E-state index in [1.807, 2.05) is 32.9 Å². The Kier molecular flexibility index (Phi) is 13.5. The van der Waals surface area contributed by atoms with Gasteiger partial charge in [0.1, 0.15) is 0 Å². The van der Waals surface area contributed by atoms with E-state index in [1.54, 1.807) is 0 Å². The van der Waals surface area contributed by atoms with E-state index >= 15 is 0 Å². The summed E-state index contributed by atoms with van der Waals surface area (Å²) in [5, 5.41) is 15.4. The van der Waals surface area contributed by atoms with Crippen molar-refractivity contribution in [2.45, 2.75) is 99.2 Å². The first-order chi connectivity index (χ1) is 20.7. The Balaban J connectivity index is 2.02. The van der Waals surface area contributed by atoms with Crippen LogP contribution in [0.3, 0.4) is 0 Å². The number of pyridine rings is 1. The van der Waals surface area contributed by atoms with Gasteiger partial charge in [0.2, 0.25) is 0 Å². The molecule has 1 aromatic heterocycles. The van der Waals surface area contributed by atoms with Crippen molar-refractivity contribution in [1.29, 1.82) is 0 Å². The number of unbranched alkanes of at least 4 members (excludes halogenated alkanes) is 1. The van der Waals surface area contributed by atoms with Crippen LogP contribution in [0.2, 0.25) is 0 Å². The molecule has 1 amide bonds. The van der Waals surface area contributed by atoms with E-state index in [2.05, 4.69) is 71.6 Å². The summed E-state index contributed by atoms with van der Waals surface area (Å²) in [5.41, 5.74) is 8.00. The number of hydrogen-bond donors (Lipinski definition) is 4. The van der Waals surface area contributed by atoms with Gasteiger partial charge in [-0.15, -0.1) is 0 Å². The highest BCUT2D eigenvalue weighted by atomic mass is 16.3. The Labute approximate surface area is 258 Å². The van der Waals surface area contributed by atoms with E-state index in [0.29, 0.717) is 17.2 Å². The van der Waals surface area contributed by atoms with Gasteiger partial charge in [0.05, 0.1) is 0 Å². The fourth-order valence-corrected chi connectivity index (χ4v) is 5.87. The Morgan fingerprint density at radius 3 is 2.30 bits per heavy atom. The summed E-state index contributed by atoms with van der Waals surface area (Å²) in [6.07, 6.45) is 6.39. The van der Waals surface area contributed by atoms with Crippen molar-refractivity contribution in [3.8, 4) is 11.1 Å². The number of aromatic amines is 1. The van der Waals surface area contributed by atoms with Gasteiger partial charge in [-0.2, -0.15) is 0 Å². The molecule has 0 fully saturated rings. The highest BCUT2D eigenvalue weighted by molar-refractivity contribution is 5.99. The molecule has 0 saturated heterocycles. The second-order valence-corrected chi connectivity index (χ2v) is 11.6. The number of rotatable bonds is 17. The number of H-pyrrole nitrogens is 1. The molecule has 0 aliphatic carbocycles. The molecule has 0 radical (unpaired) electrons.